The standard InChI is InChI=1S/C14H12N2/c1-10-5-3-7-13(11(10)2)14-8-4-6-12(9-15)16-14/h3-8H,1-2H3. The highest BCUT2D eigenvalue weighted by atomic mass is 14.7. The monoisotopic (exact) mass is 208 g/mol. The van der Waals surface area contributed by atoms with Gasteiger partial charge in [-0.3, -0.25) is 0 Å². The van der Waals surface area contributed by atoms with Crippen molar-refractivity contribution in [2.75, 3.05) is 0 Å². The Kier molecular flexibility index (Phi) is 2.70. The average Bonchev–Trinajstić information content (AvgIpc) is 2.33. The Labute approximate surface area is 95.2 Å². The van der Waals surface area contributed by atoms with Gasteiger partial charge in [-0.2, -0.15) is 5.26 Å². The predicted octanol–water partition coefficient (Wildman–Crippen LogP) is 3.24. The lowest BCUT2D eigenvalue weighted by Crippen LogP contribution is -1.91. The molecule has 2 rings (SSSR count). The zero-order valence-corrected chi connectivity index (χ0v) is 9.36. The van der Waals surface area contributed by atoms with E-state index in [4.69, 9.17) is 5.26 Å². The molecule has 1 aromatic heterocycles. The number of nitriles is 1. The van der Waals surface area contributed by atoms with Crippen LogP contribution in [0.25, 0.3) is 11.3 Å². The van der Waals surface area contributed by atoms with Crippen LogP contribution in [0, 0.1) is 25.2 Å². The molecule has 0 amide bonds. The lowest BCUT2D eigenvalue weighted by Gasteiger charge is -2.07. The lowest BCUT2D eigenvalue weighted by molar-refractivity contribution is 1.24. The molecule has 0 saturated heterocycles. The summed E-state index contributed by atoms with van der Waals surface area (Å²) in [4.78, 5) is 4.30. The van der Waals surface area contributed by atoms with Crippen molar-refractivity contribution in [1.82, 2.24) is 4.98 Å². The molecule has 0 radical (unpaired) electrons. The number of hydrogen-bond acceptors (Lipinski definition) is 2. The second kappa shape index (κ2) is 4.16. The van der Waals surface area contributed by atoms with Gasteiger partial charge in [-0.15, -0.1) is 0 Å². The molecule has 2 heteroatoms. The Morgan fingerprint density at radius 2 is 1.81 bits per heavy atom. The van der Waals surface area contributed by atoms with Crippen LogP contribution in [0.2, 0.25) is 0 Å². The van der Waals surface area contributed by atoms with Crippen LogP contribution in [0.1, 0.15) is 16.8 Å². The Hall–Kier alpha value is -2.14. The van der Waals surface area contributed by atoms with Gasteiger partial charge >= 0.3 is 0 Å². The Bertz CT molecular complexity index is 565. The van der Waals surface area contributed by atoms with Crippen LogP contribution >= 0.6 is 0 Å². The number of aryl methyl sites for hydroxylation is 1. The third-order valence-electron chi connectivity index (χ3n) is 2.74. The van der Waals surface area contributed by atoms with E-state index >= 15 is 0 Å². The second-order valence-electron chi connectivity index (χ2n) is 3.77. The predicted molar refractivity (Wildman–Crippen MR) is 63.9 cm³/mol. The maximum absolute atomic E-state index is 8.82. The largest absolute Gasteiger partial charge is 0.237 e. The summed E-state index contributed by atoms with van der Waals surface area (Å²) in [6.07, 6.45) is 0. The Balaban J connectivity index is 2.59. The summed E-state index contributed by atoms with van der Waals surface area (Å²) in [6, 6.07) is 13.7. The minimum atomic E-state index is 0.457. The molecule has 0 fully saturated rings. The van der Waals surface area contributed by atoms with E-state index in [0.29, 0.717) is 5.69 Å². The van der Waals surface area contributed by atoms with E-state index in [1.54, 1.807) is 6.07 Å². The van der Waals surface area contributed by atoms with Gasteiger partial charge in [-0.25, -0.2) is 4.98 Å². The first-order valence-corrected chi connectivity index (χ1v) is 5.16. The molecular weight excluding hydrogens is 196 g/mol. The maximum atomic E-state index is 8.82. The van der Waals surface area contributed by atoms with Crippen molar-refractivity contribution in [2.45, 2.75) is 13.8 Å². The van der Waals surface area contributed by atoms with Crippen molar-refractivity contribution in [1.29, 1.82) is 5.26 Å². The number of nitrogens with zero attached hydrogens (tertiary/aromatic N) is 2. The third-order valence-corrected chi connectivity index (χ3v) is 2.74. The number of rotatable bonds is 1. The van der Waals surface area contributed by atoms with Gasteiger partial charge in [-0.1, -0.05) is 24.3 Å². The Morgan fingerprint density at radius 3 is 2.56 bits per heavy atom. The Morgan fingerprint density at radius 1 is 1.06 bits per heavy atom. The maximum Gasteiger partial charge on any atom is 0.141 e. The van der Waals surface area contributed by atoms with E-state index in [9.17, 15) is 0 Å². The highest BCUT2D eigenvalue weighted by Crippen LogP contribution is 2.23. The molecule has 0 aliphatic carbocycles. The molecule has 0 N–H and O–H groups in total. The molecule has 2 aromatic rings. The molecule has 0 atom stereocenters. The first kappa shape index (κ1) is 10.4. The fourth-order valence-electron chi connectivity index (χ4n) is 1.68. The van der Waals surface area contributed by atoms with Gasteiger partial charge in [0.15, 0.2) is 0 Å². The minimum Gasteiger partial charge on any atom is -0.237 e. The summed E-state index contributed by atoms with van der Waals surface area (Å²) < 4.78 is 0. The van der Waals surface area contributed by atoms with Crippen molar-refractivity contribution in [2.24, 2.45) is 0 Å². The van der Waals surface area contributed by atoms with E-state index in [2.05, 4.69) is 31.0 Å². The topological polar surface area (TPSA) is 36.7 Å². The van der Waals surface area contributed by atoms with Crippen molar-refractivity contribution in [3.05, 3.63) is 53.2 Å². The van der Waals surface area contributed by atoms with Gasteiger partial charge < -0.3 is 0 Å². The first-order valence-electron chi connectivity index (χ1n) is 5.16. The van der Waals surface area contributed by atoms with Gasteiger partial charge in [0.2, 0.25) is 0 Å². The van der Waals surface area contributed by atoms with Crippen LogP contribution < -0.4 is 0 Å². The van der Waals surface area contributed by atoms with Crippen molar-refractivity contribution in [3.63, 3.8) is 0 Å². The first-order chi connectivity index (χ1) is 7.72. The molecule has 0 saturated carbocycles. The van der Waals surface area contributed by atoms with Crippen LogP contribution in [0.15, 0.2) is 36.4 Å². The summed E-state index contributed by atoms with van der Waals surface area (Å²) in [5.41, 5.74) is 4.86. The minimum absolute atomic E-state index is 0.457. The SMILES string of the molecule is Cc1cccc(-c2cccc(C#N)n2)c1C. The lowest BCUT2D eigenvalue weighted by atomic mass is 10.0. The second-order valence-corrected chi connectivity index (χ2v) is 3.77. The van der Waals surface area contributed by atoms with Crippen molar-refractivity contribution < 1.29 is 0 Å². The number of benzene rings is 1. The van der Waals surface area contributed by atoms with E-state index < -0.39 is 0 Å². The third kappa shape index (κ3) is 1.80. The van der Waals surface area contributed by atoms with Gasteiger partial charge in [-0.05, 0) is 37.1 Å². The molecular formula is C14H12N2. The van der Waals surface area contributed by atoms with Gasteiger partial charge in [0.05, 0.1) is 5.69 Å². The highest BCUT2D eigenvalue weighted by molar-refractivity contribution is 5.65. The van der Waals surface area contributed by atoms with E-state index in [1.165, 1.54) is 11.1 Å². The molecule has 16 heavy (non-hydrogen) atoms. The normalized spacial score (nSPS) is 9.81. The van der Waals surface area contributed by atoms with Crippen molar-refractivity contribution in [3.8, 4) is 17.3 Å². The van der Waals surface area contributed by atoms with Crippen LogP contribution in [-0.4, -0.2) is 4.98 Å². The number of aromatic nitrogens is 1. The molecule has 1 heterocycles. The summed E-state index contributed by atoms with van der Waals surface area (Å²) >= 11 is 0. The summed E-state index contributed by atoms with van der Waals surface area (Å²) in [6.45, 7) is 4.15. The van der Waals surface area contributed by atoms with Crippen molar-refractivity contribution >= 4 is 0 Å². The summed E-state index contributed by atoms with van der Waals surface area (Å²) in [5, 5.41) is 8.82. The molecule has 0 spiro atoms. The molecule has 2 nitrogen and oxygen atoms in total. The molecule has 0 unspecified atom stereocenters. The highest BCUT2D eigenvalue weighted by Gasteiger charge is 2.05. The van der Waals surface area contributed by atoms with Crippen LogP contribution in [0.5, 0.6) is 0 Å². The molecule has 0 bridgehead atoms. The molecule has 0 aliphatic heterocycles. The van der Waals surface area contributed by atoms with Crippen LogP contribution in [0.4, 0.5) is 0 Å². The smallest absolute Gasteiger partial charge is 0.141 e. The average molecular weight is 208 g/mol. The fourth-order valence-corrected chi connectivity index (χ4v) is 1.68. The molecule has 78 valence electrons. The van der Waals surface area contributed by atoms with E-state index in [-0.39, 0.29) is 0 Å². The zero-order valence-electron chi connectivity index (χ0n) is 9.36. The van der Waals surface area contributed by atoms with Crippen LogP contribution in [0.3, 0.4) is 0 Å². The number of pyridine rings is 1. The molecule has 1 aromatic carbocycles. The fraction of sp³-hybridized carbons (Fsp3) is 0.143. The zero-order chi connectivity index (χ0) is 11.5. The quantitative estimate of drug-likeness (QED) is 0.721. The van der Waals surface area contributed by atoms with E-state index in [1.807, 2.05) is 24.3 Å². The summed E-state index contributed by atoms with van der Waals surface area (Å²) in [5.74, 6) is 0. The number of hydrogen-bond donors (Lipinski definition) is 0. The van der Waals surface area contributed by atoms with E-state index in [0.717, 1.165) is 11.3 Å². The summed E-state index contributed by atoms with van der Waals surface area (Å²) in [7, 11) is 0. The van der Waals surface area contributed by atoms with Gasteiger partial charge in [0, 0.05) is 5.56 Å². The van der Waals surface area contributed by atoms with Gasteiger partial charge in [0.25, 0.3) is 0 Å². The van der Waals surface area contributed by atoms with Crippen LogP contribution in [-0.2, 0) is 0 Å². The van der Waals surface area contributed by atoms with Gasteiger partial charge in [0.1, 0.15) is 11.8 Å². The molecule has 0 aliphatic rings.